The number of rotatable bonds is 4. The van der Waals surface area contributed by atoms with E-state index in [4.69, 9.17) is 0 Å². The van der Waals surface area contributed by atoms with Crippen LogP contribution in [0, 0.1) is 5.92 Å². The van der Waals surface area contributed by atoms with Gasteiger partial charge in [0.05, 0.1) is 5.75 Å². The Balaban J connectivity index is 1.87. The summed E-state index contributed by atoms with van der Waals surface area (Å²) in [5, 5.41) is 0. The van der Waals surface area contributed by atoms with Crippen molar-refractivity contribution in [2.24, 2.45) is 5.92 Å². The van der Waals surface area contributed by atoms with Crippen LogP contribution in [-0.4, -0.2) is 11.5 Å². The first-order valence-electron chi connectivity index (χ1n) is 7.23. The van der Waals surface area contributed by atoms with Crippen LogP contribution in [0.4, 0.5) is 0 Å². The van der Waals surface area contributed by atoms with Crippen LogP contribution in [0.25, 0.3) is 0 Å². The highest BCUT2D eigenvalue weighted by atomic mass is 32.2. The first-order valence-corrected chi connectivity index (χ1v) is 8.21. The van der Waals surface area contributed by atoms with E-state index in [2.05, 4.69) is 45.0 Å². The van der Waals surface area contributed by atoms with Crippen molar-refractivity contribution in [3.8, 4) is 0 Å². The number of Topliss-reactive ketones (excluding diaryl/α,β-unsaturated/α-hetero) is 1. The van der Waals surface area contributed by atoms with Crippen LogP contribution in [0.15, 0.2) is 29.2 Å². The van der Waals surface area contributed by atoms with Crippen molar-refractivity contribution in [2.75, 3.05) is 5.75 Å². The predicted octanol–water partition coefficient (Wildman–Crippen LogP) is 4.84. The lowest BCUT2D eigenvalue weighted by atomic mass is 9.87. The quantitative estimate of drug-likeness (QED) is 0.732. The first kappa shape index (κ1) is 14.6. The fraction of sp³-hybridized carbons (Fsp3) is 0.588. The molecule has 0 N–H and O–H groups in total. The lowest BCUT2D eigenvalue weighted by Crippen LogP contribution is -2.13. The van der Waals surface area contributed by atoms with Gasteiger partial charge < -0.3 is 0 Å². The van der Waals surface area contributed by atoms with Gasteiger partial charge in [0.1, 0.15) is 5.78 Å². The second-order valence-electron chi connectivity index (χ2n) is 6.51. The Morgan fingerprint density at radius 3 is 2.26 bits per heavy atom. The third-order valence-electron chi connectivity index (χ3n) is 3.91. The molecule has 1 aromatic carbocycles. The summed E-state index contributed by atoms with van der Waals surface area (Å²) < 4.78 is 0. The van der Waals surface area contributed by atoms with Crippen LogP contribution in [-0.2, 0) is 10.2 Å². The molecule has 0 amide bonds. The zero-order chi connectivity index (χ0) is 13.9. The number of benzene rings is 1. The van der Waals surface area contributed by atoms with E-state index < -0.39 is 0 Å². The Bertz CT molecular complexity index is 422. The fourth-order valence-electron chi connectivity index (χ4n) is 2.57. The van der Waals surface area contributed by atoms with Crippen LogP contribution in [0.1, 0.15) is 52.0 Å². The Morgan fingerprint density at radius 1 is 1.16 bits per heavy atom. The summed E-state index contributed by atoms with van der Waals surface area (Å²) in [7, 11) is 0. The maximum atomic E-state index is 12.0. The van der Waals surface area contributed by atoms with Crippen molar-refractivity contribution in [3.63, 3.8) is 0 Å². The second-order valence-corrected chi connectivity index (χ2v) is 7.56. The fourth-order valence-corrected chi connectivity index (χ4v) is 3.44. The molecule has 0 spiro atoms. The van der Waals surface area contributed by atoms with Gasteiger partial charge in [0.15, 0.2) is 0 Å². The summed E-state index contributed by atoms with van der Waals surface area (Å²) in [6, 6.07) is 8.66. The van der Waals surface area contributed by atoms with Gasteiger partial charge in [0.25, 0.3) is 0 Å². The third kappa shape index (κ3) is 4.10. The lowest BCUT2D eigenvalue weighted by molar-refractivity contribution is -0.120. The second kappa shape index (κ2) is 6.13. The maximum Gasteiger partial charge on any atom is 0.146 e. The predicted molar refractivity (Wildman–Crippen MR) is 82.8 cm³/mol. The molecule has 19 heavy (non-hydrogen) atoms. The van der Waals surface area contributed by atoms with E-state index in [1.54, 1.807) is 11.8 Å². The summed E-state index contributed by atoms with van der Waals surface area (Å²) >= 11 is 1.69. The molecule has 1 aromatic rings. The van der Waals surface area contributed by atoms with E-state index in [0.29, 0.717) is 17.5 Å². The summed E-state index contributed by atoms with van der Waals surface area (Å²) in [5.41, 5.74) is 1.54. The summed E-state index contributed by atoms with van der Waals surface area (Å²) in [5.74, 6) is 1.43. The van der Waals surface area contributed by atoms with E-state index in [1.165, 1.54) is 23.3 Å². The van der Waals surface area contributed by atoms with Gasteiger partial charge in [-0.25, -0.2) is 0 Å². The molecule has 0 aromatic heterocycles. The lowest BCUT2D eigenvalue weighted by Gasteiger charge is -2.19. The monoisotopic (exact) mass is 276 g/mol. The van der Waals surface area contributed by atoms with Crippen molar-refractivity contribution in [3.05, 3.63) is 29.8 Å². The molecule has 2 heteroatoms. The molecule has 0 aliphatic heterocycles. The molecule has 1 aliphatic carbocycles. The maximum absolute atomic E-state index is 12.0. The highest BCUT2D eigenvalue weighted by Gasteiger charge is 2.22. The average Bonchev–Trinajstić information content (AvgIpc) is 2.89. The molecule has 0 unspecified atom stereocenters. The van der Waals surface area contributed by atoms with Crippen LogP contribution >= 0.6 is 11.8 Å². The van der Waals surface area contributed by atoms with E-state index >= 15 is 0 Å². The van der Waals surface area contributed by atoms with Crippen molar-refractivity contribution in [2.45, 2.75) is 56.8 Å². The van der Waals surface area contributed by atoms with Gasteiger partial charge in [-0.2, -0.15) is 0 Å². The third-order valence-corrected chi connectivity index (χ3v) is 4.95. The van der Waals surface area contributed by atoms with Crippen molar-refractivity contribution >= 4 is 17.5 Å². The van der Waals surface area contributed by atoms with E-state index in [-0.39, 0.29) is 5.41 Å². The van der Waals surface area contributed by atoms with E-state index in [0.717, 1.165) is 12.8 Å². The molecule has 1 nitrogen and oxygen atoms in total. The van der Waals surface area contributed by atoms with Crippen molar-refractivity contribution in [1.82, 2.24) is 0 Å². The number of hydrogen-bond donors (Lipinski definition) is 0. The molecular formula is C17H24OS. The van der Waals surface area contributed by atoms with Gasteiger partial charge in [-0.05, 0) is 36.0 Å². The minimum absolute atomic E-state index is 0.197. The molecule has 1 aliphatic rings. The summed E-state index contributed by atoms with van der Waals surface area (Å²) in [4.78, 5) is 13.2. The molecule has 1 saturated carbocycles. The summed E-state index contributed by atoms with van der Waals surface area (Å²) in [6.45, 7) is 6.66. The van der Waals surface area contributed by atoms with Gasteiger partial charge in [-0.15, -0.1) is 11.8 Å². The van der Waals surface area contributed by atoms with Crippen LogP contribution < -0.4 is 0 Å². The largest absolute Gasteiger partial charge is 0.298 e. The Morgan fingerprint density at radius 2 is 1.74 bits per heavy atom. The minimum atomic E-state index is 0.197. The number of carbonyl (C=O) groups is 1. The van der Waals surface area contributed by atoms with Crippen LogP contribution in [0.2, 0.25) is 0 Å². The highest BCUT2D eigenvalue weighted by Crippen LogP contribution is 2.29. The van der Waals surface area contributed by atoms with Gasteiger partial charge in [0, 0.05) is 10.8 Å². The number of ketones is 1. The Labute approximate surface area is 121 Å². The smallest absolute Gasteiger partial charge is 0.146 e. The molecular weight excluding hydrogens is 252 g/mol. The SMILES string of the molecule is CC(C)(C)c1ccc(SCC(=O)C2CCCC2)cc1. The summed E-state index contributed by atoms with van der Waals surface area (Å²) in [6.07, 6.45) is 4.70. The molecule has 0 atom stereocenters. The minimum Gasteiger partial charge on any atom is -0.298 e. The topological polar surface area (TPSA) is 17.1 Å². The molecule has 1 fully saturated rings. The van der Waals surface area contributed by atoms with Gasteiger partial charge in [-0.1, -0.05) is 45.7 Å². The molecule has 0 saturated heterocycles. The van der Waals surface area contributed by atoms with Gasteiger partial charge in [-0.3, -0.25) is 4.79 Å². The average molecular weight is 276 g/mol. The zero-order valence-electron chi connectivity index (χ0n) is 12.2. The number of thioether (sulfide) groups is 1. The molecule has 0 bridgehead atoms. The molecule has 2 rings (SSSR count). The standard InChI is InChI=1S/C17H24OS/c1-17(2,3)14-8-10-15(11-9-14)19-12-16(18)13-6-4-5-7-13/h8-11,13H,4-7,12H2,1-3H3. The molecule has 0 heterocycles. The van der Waals surface area contributed by atoms with Crippen LogP contribution in [0.5, 0.6) is 0 Å². The molecule has 104 valence electrons. The zero-order valence-corrected chi connectivity index (χ0v) is 13.1. The van der Waals surface area contributed by atoms with Gasteiger partial charge >= 0.3 is 0 Å². The van der Waals surface area contributed by atoms with E-state index in [1.807, 2.05) is 0 Å². The first-order chi connectivity index (χ1) is 8.97. The number of hydrogen-bond acceptors (Lipinski definition) is 2. The van der Waals surface area contributed by atoms with Gasteiger partial charge in [0.2, 0.25) is 0 Å². The van der Waals surface area contributed by atoms with Crippen molar-refractivity contribution in [1.29, 1.82) is 0 Å². The number of carbonyl (C=O) groups excluding carboxylic acids is 1. The van der Waals surface area contributed by atoms with Crippen LogP contribution in [0.3, 0.4) is 0 Å². The Kier molecular flexibility index (Phi) is 4.72. The van der Waals surface area contributed by atoms with E-state index in [9.17, 15) is 4.79 Å². The Hall–Kier alpha value is -0.760. The van der Waals surface area contributed by atoms with Crippen molar-refractivity contribution < 1.29 is 4.79 Å². The highest BCUT2D eigenvalue weighted by molar-refractivity contribution is 8.00. The normalized spacial score (nSPS) is 16.8. The molecule has 0 radical (unpaired) electrons.